The molecule has 0 spiro atoms. The molecule has 0 fully saturated rings. The summed E-state index contributed by atoms with van der Waals surface area (Å²) in [5.41, 5.74) is 3.02. The summed E-state index contributed by atoms with van der Waals surface area (Å²) in [6, 6.07) is 8.64. The second-order valence-electron chi connectivity index (χ2n) is 5.07. The van der Waals surface area contributed by atoms with Gasteiger partial charge in [0.1, 0.15) is 5.76 Å². The normalized spacial score (nSPS) is 10.2. The Bertz CT molecular complexity index is 679. The predicted octanol–water partition coefficient (Wildman–Crippen LogP) is 0.832. The first-order valence-corrected chi connectivity index (χ1v) is 6.97. The van der Waals surface area contributed by atoms with Crippen molar-refractivity contribution in [3.8, 4) is 0 Å². The number of carbonyl (C=O) groups excluding carboxylic acids is 2. The molecule has 2 amide bonds. The minimum absolute atomic E-state index is 0.0203. The van der Waals surface area contributed by atoms with Gasteiger partial charge in [0, 0.05) is 44.4 Å². The first-order valence-electron chi connectivity index (χ1n) is 6.97. The number of nitrogens with zero attached hydrogens (tertiary/aromatic N) is 2. The van der Waals surface area contributed by atoms with Gasteiger partial charge in [-0.25, -0.2) is 5.48 Å². The fourth-order valence-corrected chi connectivity index (χ4v) is 1.91. The van der Waals surface area contributed by atoms with Crippen LogP contribution in [0.25, 0.3) is 0 Å². The lowest BCUT2D eigenvalue weighted by molar-refractivity contribution is 0.0696. The van der Waals surface area contributed by atoms with Gasteiger partial charge in [0.25, 0.3) is 11.8 Å². The van der Waals surface area contributed by atoms with Crippen LogP contribution in [-0.2, 0) is 6.42 Å². The van der Waals surface area contributed by atoms with Crippen molar-refractivity contribution in [3.05, 3.63) is 47.3 Å². The third-order valence-corrected chi connectivity index (χ3v) is 3.20. The highest BCUT2D eigenvalue weighted by Crippen LogP contribution is 2.12. The van der Waals surface area contributed by atoms with Crippen LogP contribution in [0.3, 0.4) is 0 Å². The van der Waals surface area contributed by atoms with E-state index in [2.05, 4.69) is 10.5 Å². The van der Waals surface area contributed by atoms with E-state index in [4.69, 9.17) is 9.73 Å². The van der Waals surface area contributed by atoms with Crippen molar-refractivity contribution in [1.29, 1.82) is 0 Å². The number of benzene rings is 1. The highest BCUT2D eigenvalue weighted by Gasteiger charge is 2.12. The summed E-state index contributed by atoms with van der Waals surface area (Å²) in [7, 11) is 3.86. The SMILES string of the molecule is CN(C)c1ccc(C(=O)NCCc2cc(C(=O)NO)no2)cc1. The summed E-state index contributed by atoms with van der Waals surface area (Å²) >= 11 is 0. The second-order valence-corrected chi connectivity index (χ2v) is 5.07. The standard InChI is InChI=1S/C15H18N4O4/c1-19(2)11-5-3-10(4-6-11)14(20)16-8-7-12-9-13(18-23-12)15(21)17-22/h3-6,9,22H,7-8H2,1-2H3,(H,16,20)(H,17,21). The van der Waals surface area contributed by atoms with Crippen LogP contribution in [0.1, 0.15) is 26.6 Å². The molecule has 0 radical (unpaired) electrons. The van der Waals surface area contributed by atoms with Crippen LogP contribution in [0.5, 0.6) is 0 Å². The highest BCUT2D eigenvalue weighted by molar-refractivity contribution is 5.94. The molecule has 23 heavy (non-hydrogen) atoms. The van der Waals surface area contributed by atoms with Gasteiger partial charge < -0.3 is 14.7 Å². The zero-order chi connectivity index (χ0) is 16.8. The molecule has 0 saturated heterocycles. The van der Waals surface area contributed by atoms with E-state index in [-0.39, 0.29) is 11.6 Å². The van der Waals surface area contributed by atoms with E-state index < -0.39 is 5.91 Å². The molecular weight excluding hydrogens is 300 g/mol. The molecule has 0 aliphatic rings. The zero-order valence-electron chi connectivity index (χ0n) is 12.9. The Morgan fingerprint density at radius 2 is 1.91 bits per heavy atom. The highest BCUT2D eigenvalue weighted by atomic mass is 16.5. The Labute approximate surface area is 133 Å². The number of hydroxylamine groups is 1. The van der Waals surface area contributed by atoms with Gasteiger partial charge in [-0.05, 0) is 24.3 Å². The number of anilines is 1. The monoisotopic (exact) mass is 318 g/mol. The largest absolute Gasteiger partial charge is 0.378 e. The summed E-state index contributed by atoms with van der Waals surface area (Å²) in [5, 5.41) is 14.7. The summed E-state index contributed by atoms with van der Waals surface area (Å²) in [4.78, 5) is 25.1. The Balaban J connectivity index is 1.84. The quantitative estimate of drug-likeness (QED) is 0.538. The van der Waals surface area contributed by atoms with E-state index in [1.54, 1.807) is 12.1 Å². The van der Waals surface area contributed by atoms with Crippen LogP contribution >= 0.6 is 0 Å². The Morgan fingerprint density at radius 1 is 1.22 bits per heavy atom. The van der Waals surface area contributed by atoms with Gasteiger partial charge in [-0.1, -0.05) is 5.16 Å². The van der Waals surface area contributed by atoms with Gasteiger partial charge in [-0.2, -0.15) is 0 Å². The predicted molar refractivity (Wildman–Crippen MR) is 82.6 cm³/mol. The van der Waals surface area contributed by atoms with Gasteiger partial charge in [0.2, 0.25) is 0 Å². The van der Waals surface area contributed by atoms with Crippen molar-refractivity contribution in [1.82, 2.24) is 16.0 Å². The lowest BCUT2D eigenvalue weighted by Crippen LogP contribution is -2.25. The molecule has 8 heteroatoms. The first kappa shape index (κ1) is 16.5. The Kier molecular flexibility index (Phi) is 5.32. The number of hydrogen-bond donors (Lipinski definition) is 3. The molecule has 0 aliphatic heterocycles. The lowest BCUT2D eigenvalue weighted by Gasteiger charge is -2.12. The molecule has 1 heterocycles. The molecular formula is C15H18N4O4. The zero-order valence-corrected chi connectivity index (χ0v) is 12.9. The first-order chi connectivity index (χ1) is 11.0. The van der Waals surface area contributed by atoms with Crippen LogP contribution in [0, 0.1) is 0 Å². The van der Waals surface area contributed by atoms with Crippen molar-refractivity contribution in [2.24, 2.45) is 0 Å². The average Bonchev–Trinajstić information content (AvgIpc) is 3.03. The van der Waals surface area contributed by atoms with E-state index in [1.165, 1.54) is 11.5 Å². The smallest absolute Gasteiger partial charge is 0.296 e. The minimum Gasteiger partial charge on any atom is -0.378 e. The van der Waals surface area contributed by atoms with Crippen LogP contribution in [0.4, 0.5) is 5.69 Å². The number of rotatable bonds is 6. The van der Waals surface area contributed by atoms with Gasteiger partial charge in [-0.3, -0.25) is 14.8 Å². The van der Waals surface area contributed by atoms with Crippen molar-refractivity contribution in [2.75, 3.05) is 25.5 Å². The van der Waals surface area contributed by atoms with E-state index in [0.29, 0.717) is 24.3 Å². The van der Waals surface area contributed by atoms with Crippen molar-refractivity contribution in [2.45, 2.75) is 6.42 Å². The molecule has 0 unspecified atom stereocenters. The minimum atomic E-state index is -0.745. The van der Waals surface area contributed by atoms with Gasteiger partial charge in [0.15, 0.2) is 5.69 Å². The molecule has 8 nitrogen and oxygen atoms in total. The van der Waals surface area contributed by atoms with E-state index in [9.17, 15) is 9.59 Å². The molecule has 1 aromatic carbocycles. The lowest BCUT2D eigenvalue weighted by atomic mass is 10.2. The fraction of sp³-hybridized carbons (Fsp3) is 0.267. The maximum Gasteiger partial charge on any atom is 0.296 e. The molecule has 1 aromatic heterocycles. The van der Waals surface area contributed by atoms with Crippen molar-refractivity contribution in [3.63, 3.8) is 0 Å². The van der Waals surface area contributed by atoms with Crippen LogP contribution in [0.2, 0.25) is 0 Å². The average molecular weight is 318 g/mol. The summed E-state index contributed by atoms with van der Waals surface area (Å²) in [6.45, 7) is 0.337. The molecule has 0 aliphatic carbocycles. The van der Waals surface area contributed by atoms with Gasteiger partial charge in [-0.15, -0.1) is 0 Å². The maximum atomic E-state index is 12.0. The number of hydrogen-bond acceptors (Lipinski definition) is 6. The summed E-state index contributed by atoms with van der Waals surface area (Å²) < 4.78 is 4.94. The van der Waals surface area contributed by atoms with E-state index >= 15 is 0 Å². The van der Waals surface area contributed by atoms with Gasteiger partial charge >= 0.3 is 0 Å². The van der Waals surface area contributed by atoms with E-state index in [0.717, 1.165) is 5.69 Å². The van der Waals surface area contributed by atoms with Crippen LogP contribution in [0.15, 0.2) is 34.9 Å². The third kappa shape index (κ3) is 4.30. The molecule has 2 rings (SSSR count). The number of aromatic nitrogens is 1. The summed E-state index contributed by atoms with van der Waals surface area (Å²) in [5.74, 6) is -0.500. The van der Waals surface area contributed by atoms with Crippen LogP contribution < -0.4 is 15.7 Å². The second kappa shape index (κ2) is 7.41. The molecule has 0 saturated carbocycles. The van der Waals surface area contributed by atoms with Crippen LogP contribution in [-0.4, -0.2) is 42.8 Å². The summed E-state index contributed by atoms with van der Waals surface area (Å²) in [6.07, 6.45) is 0.382. The van der Waals surface area contributed by atoms with E-state index in [1.807, 2.05) is 31.1 Å². The van der Waals surface area contributed by atoms with Gasteiger partial charge in [0.05, 0.1) is 0 Å². The molecule has 2 aromatic rings. The fourth-order valence-electron chi connectivity index (χ4n) is 1.91. The number of nitrogens with one attached hydrogen (secondary N) is 2. The molecule has 122 valence electrons. The maximum absolute atomic E-state index is 12.0. The third-order valence-electron chi connectivity index (χ3n) is 3.20. The molecule has 0 atom stereocenters. The Hall–Kier alpha value is -2.87. The van der Waals surface area contributed by atoms with Crippen molar-refractivity contribution < 1.29 is 19.3 Å². The number of amides is 2. The van der Waals surface area contributed by atoms with Crippen molar-refractivity contribution >= 4 is 17.5 Å². The topological polar surface area (TPSA) is 108 Å². The Morgan fingerprint density at radius 3 is 2.52 bits per heavy atom. The molecule has 3 N–H and O–H groups in total. The molecule has 0 bridgehead atoms. The number of carbonyl (C=O) groups is 2.